The van der Waals surface area contributed by atoms with Crippen LogP contribution in [0.1, 0.15) is 15.2 Å². The van der Waals surface area contributed by atoms with E-state index in [0.717, 1.165) is 11.4 Å². The lowest BCUT2D eigenvalue weighted by Crippen LogP contribution is -2.10. The average Bonchev–Trinajstić information content (AvgIpc) is 3.10. The molecule has 3 rings (SSSR count). The number of pyridine rings is 2. The monoisotopic (exact) mass is 310 g/mol. The van der Waals surface area contributed by atoms with Crippen molar-refractivity contribution < 1.29 is 4.79 Å². The Morgan fingerprint density at radius 3 is 2.77 bits per heavy atom. The first-order chi connectivity index (χ1) is 10.8. The number of nitrogens with zero attached hydrogens (tertiary/aromatic N) is 2. The van der Waals surface area contributed by atoms with E-state index in [9.17, 15) is 4.79 Å². The second kappa shape index (κ2) is 6.82. The molecule has 5 nitrogen and oxygen atoms in total. The Labute approximate surface area is 132 Å². The van der Waals surface area contributed by atoms with Crippen molar-refractivity contribution in [2.45, 2.75) is 6.54 Å². The molecular formula is C16H14N4OS. The summed E-state index contributed by atoms with van der Waals surface area (Å²) in [7, 11) is 0. The van der Waals surface area contributed by atoms with Crippen LogP contribution in [-0.2, 0) is 6.54 Å². The summed E-state index contributed by atoms with van der Waals surface area (Å²) in [5, 5.41) is 7.90. The Hall–Kier alpha value is -2.73. The number of amides is 1. The number of rotatable bonds is 5. The molecule has 0 bridgehead atoms. The molecule has 1 amide bonds. The zero-order valence-corrected chi connectivity index (χ0v) is 12.5. The van der Waals surface area contributed by atoms with Crippen LogP contribution in [0.15, 0.2) is 60.4 Å². The van der Waals surface area contributed by atoms with E-state index in [4.69, 9.17) is 0 Å². The van der Waals surface area contributed by atoms with E-state index >= 15 is 0 Å². The summed E-state index contributed by atoms with van der Waals surface area (Å²) in [4.78, 5) is 20.9. The minimum absolute atomic E-state index is 0.118. The van der Waals surface area contributed by atoms with E-state index in [1.54, 1.807) is 18.5 Å². The molecule has 0 aromatic carbocycles. The Kier molecular flexibility index (Phi) is 4.41. The van der Waals surface area contributed by atoms with Crippen LogP contribution in [0.2, 0.25) is 0 Å². The Bertz CT molecular complexity index is 727. The smallest absolute Gasteiger partial charge is 0.265 e. The first-order valence-corrected chi connectivity index (χ1v) is 7.63. The second-order valence-electron chi connectivity index (χ2n) is 4.58. The van der Waals surface area contributed by atoms with Crippen molar-refractivity contribution >= 4 is 28.7 Å². The van der Waals surface area contributed by atoms with Crippen molar-refractivity contribution in [1.82, 2.24) is 9.97 Å². The van der Waals surface area contributed by atoms with Crippen LogP contribution in [0.3, 0.4) is 0 Å². The van der Waals surface area contributed by atoms with E-state index in [-0.39, 0.29) is 5.91 Å². The number of nitrogens with one attached hydrogen (secondary N) is 2. The summed E-state index contributed by atoms with van der Waals surface area (Å²) >= 11 is 1.41. The van der Waals surface area contributed by atoms with Gasteiger partial charge < -0.3 is 10.6 Å². The topological polar surface area (TPSA) is 66.9 Å². The fourth-order valence-electron chi connectivity index (χ4n) is 1.87. The van der Waals surface area contributed by atoms with Crippen LogP contribution >= 0.6 is 11.3 Å². The maximum absolute atomic E-state index is 11.9. The van der Waals surface area contributed by atoms with Crippen LogP contribution < -0.4 is 10.6 Å². The number of aromatic nitrogens is 2. The molecule has 6 heteroatoms. The molecule has 110 valence electrons. The fraction of sp³-hybridized carbons (Fsp3) is 0.0625. The van der Waals surface area contributed by atoms with Gasteiger partial charge in [-0.3, -0.25) is 9.78 Å². The van der Waals surface area contributed by atoms with Gasteiger partial charge in [0.05, 0.1) is 16.8 Å². The molecule has 3 aromatic rings. The van der Waals surface area contributed by atoms with E-state index in [2.05, 4.69) is 20.6 Å². The van der Waals surface area contributed by atoms with Crippen LogP contribution in [0, 0.1) is 0 Å². The third-order valence-electron chi connectivity index (χ3n) is 2.96. The summed E-state index contributed by atoms with van der Waals surface area (Å²) in [6.45, 7) is 0.655. The standard InChI is InChI=1S/C16H14N4OS/c21-16(14-4-2-8-22-14)20-13-5-6-15(19-11-13)18-10-12-3-1-7-17-9-12/h1-9,11H,10H2,(H,18,19)(H,20,21). The molecule has 0 aliphatic rings. The molecule has 0 spiro atoms. The van der Waals surface area contributed by atoms with Gasteiger partial charge in [0.25, 0.3) is 5.91 Å². The van der Waals surface area contributed by atoms with Crippen molar-refractivity contribution in [3.63, 3.8) is 0 Å². The molecule has 0 unspecified atom stereocenters. The number of hydrogen-bond acceptors (Lipinski definition) is 5. The Morgan fingerprint density at radius 2 is 2.09 bits per heavy atom. The van der Waals surface area contributed by atoms with Gasteiger partial charge in [0, 0.05) is 18.9 Å². The van der Waals surface area contributed by atoms with Gasteiger partial charge in [0.15, 0.2) is 0 Å². The number of carbonyl (C=O) groups is 1. The van der Waals surface area contributed by atoms with Gasteiger partial charge in [0.2, 0.25) is 0 Å². The highest BCUT2D eigenvalue weighted by molar-refractivity contribution is 7.12. The van der Waals surface area contributed by atoms with Gasteiger partial charge in [-0.25, -0.2) is 4.98 Å². The van der Waals surface area contributed by atoms with E-state index in [1.807, 2.05) is 41.9 Å². The molecule has 0 saturated carbocycles. The lowest BCUT2D eigenvalue weighted by atomic mass is 10.3. The second-order valence-corrected chi connectivity index (χ2v) is 5.53. The number of carbonyl (C=O) groups excluding carboxylic acids is 1. The third kappa shape index (κ3) is 3.67. The van der Waals surface area contributed by atoms with E-state index in [1.165, 1.54) is 11.3 Å². The van der Waals surface area contributed by atoms with Crippen molar-refractivity contribution in [2.75, 3.05) is 10.6 Å². The van der Waals surface area contributed by atoms with Crippen molar-refractivity contribution in [1.29, 1.82) is 0 Å². The molecule has 3 heterocycles. The molecule has 0 aliphatic carbocycles. The maximum Gasteiger partial charge on any atom is 0.265 e. The minimum atomic E-state index is -0.118. The zero-order chi connectivity index (χ0) is 15.2. The molecule has 0 atom stereocenters. The molecule has 0 radical (unpaired) electrons. The highest BCUT2D eigenvalue weighted by Crippen LogP contribution is 2.14. The van der Waals surface area contributed by atoms with Crippen LogP contribution in [0.25, 0.3) is 0 Å². The average molecular weight is 310 g/mol. The zero-order valence-electron chi connectivity index (χ0n) is 11.7. The van der Waals surface area contributed by atoms with Gasteiger partial charge in [-0.05, 0) is 35.2 Å². The predicted octanol–water partition coefficient (Wildman–Crippen LogP) is 3.40. The van der Waals surface area contributed by atoms with E-state index in [0.29, 0.717) is 17.1 Å². The Balaban J connectivity index is 1.57. The molecular weight excluding hydrogens is 296 g/mol. The van der Waals surface area contributed by atoms with Crippen LogP contribution in [-0.4, -0.2) is 15.9 Å². The molecule has 0 aliphatic heterocycles. The first kappa shape index (κ1) is 14.2. The van der Waals surface area contributed by atoms with Crippen LogP contribution in [0.5, 0.6) is 0 Å². The predicted molar refractivity (Wildman–Crippen MR) is 88.1 cm³/mol. The lowest BCUT2D eigenvalue weighted by molar-refractivity contribution is 0.103. The summed E-state index contributed by atoms with van der Waals surface area (Å²) < 4.78 is 0. The van der Waals surface area contributed by atoms with Crippen molar-refractivity contribution in [3.8, 4) is 0 Å². The van der Waals surface area contributed by atoms with Gasteiger partial charge >= 0.3 is 0 Å². The molecule has 0 fully saturated rings. The van der Waals surface area contributed by atoms with Gasteiger partial charge in [-0.2, -0.15) is 0 Å². The van der Waals surface area contributed by atoms with Gasteiger partial charge in [-0.15, -0.1) is 11.3 Å². The third-order valence-corrected chi connectivity index (χ3v) is 3.83. The highest BCUT2D eigenvalue weighted by Gasteiger charge is 2.06. The maximum atomic E-state index is 11.9. The summed E-state index contributed by atoms with van der Waals surface area (Å²) in [6.07, 6.45) is 5.19. The molecule has 3 aromatic heterocycles. The summed E-state index contributed by atoms with van der Waals surface area (Å²) in [6, 6.07) is 11.2. The molecule has 0 saturated heterocycles. The minimum Gasteiger partial charge on any atom is -0.366 e. The number of anilines is 2. The largest absolute Gasteiger partial charge is 0.366 e. The highest BCUT2D eigenvalue weighted by atomic mass is 32.1. The van der Waals surface area contributed by atoms with E-state index < -0.39 is 0 Å². The van der Waals surface area contributed by atoms with Crippen LogP contribution in [0.4, 0.5) is 11.5 Å². The summed E-state index contributed by atoms with van der Waals surface area (Å²) in [5.41, 5.74) is 1.75. The fourth-order valence-corrected chi connectivity index (χ4v) is 2.49. The normalized spacial score (nSPS) is 10.2. The first-order valence-electron chi connectivity index (χ1n) is 6.75. The van der Waals surface area contributed by atoms with Crippen molar-refractivity contribution in [3.05, 3.63) is 70.8 Å². The van der Waals surface area contributed by atoms with Gasteiger partial charge in [0.1, 0.15) is 5.82 Å². The number of hydrogen-bond donors (Lipinski definition) is 2. The quantitative estimate of drug-likeness (QED) is 0.758. The SMILES string of the molecule is O=C(Nc1ccc(NCc2cccnc2)nc1)c1cccs1. The number of thiophene rings is 1. The molecule has 22 heavy (non-hydrogen) atoms. The molecule has 2 N–H and O–H groups in total. The van der Waals surface area contributed by atoms with Gasteiger partial charge in [-0.1, -0.05) is 12.1 Å². The Morgan fingerprint density at radius 1 is 1.14 bits per heavy atom. The lowest BCUT2D eigenvalue weighted by Gasteiger charge is -2.07. The summed E-state index contributed by atoms with van der Waals surface area (Å²) in [5.74, 6) is 0.630. The van der Waals surface area contributed by atoms with Crippen molar-refractivity contribution in [2.24, 2.45) is 0 Å².